The van der Waals surface area contributed by atoms with Gasteiger partial charge in [-0.2, -0.15) is 0 Å². The van der Waals surface area contributed by atoms with Crippen LogP contribution < -0.4 is 5.32 Å². The highest BCUT2D eigenvalue weighted by molar-refractivity contribution is 6.38. The normalized spacial score (nSPS) is 10.8. The highest BCUT2D eigenvalue weighted by Gasteiger charge is 2.07. The molecule has 6 heteroatoms. The van der Waals surface area contributed by atoms with Gasteiger partial charge in [0, 0.05) is 18.7 Å². The number of halogens is 2. The van der Waals surface area contributed by atoms with Gasteiger partial charge in [-0.1, -0.05) is 35.3 Å². The Morgan fingerprint density at radius 1 is 1.24 bits per heavy atom. The fraction of sp³-hybridized carbons (Fsp3) is 0.0667. The molecule has 0 spiro atoms. The van der Waals surface area contributed by atoms with E-state index in [1.54, 1.807) is 30.3 Å². The molecular formula is C15H12Cl2N2O2. The Hall–Kier alpha value is -2.04. The fourth-order valence-electron chi connectivity index (χ4n) is 1.66. The van der Waals surface area contributed by atoms with Crippen LogP contribution in [-0.2, 0) is 4.79 Å². The highest BCUT2D eigenvalue weighted by atomic mass is 35.5. The molecule has 0 heterocycles. The van der Waals surface area contributed by atoms with Crippen LogP contribution in [0.4, 0.5) is 11.4 Å². The molecule has 21 heavy (non-hydrogen) atoms. The number of rotatable bonds is 3. The summed E-state index contributed by atoms with van der Waals surface area (Å²) in [5.41, 5.74) is 1.45. The molecule has 0 aliphatic rings. The lowest BCUT2D eigenvalue weighted by Crippen LogP contribution is -2.06. The Balaban J connectivity index is 2.35. The molecule has 0 aliphatic carbocycles. The van der Waals surface area contributed by atoms with Gasteiger partial charge in [-0.3, -0.25) is 9.79 Å². The van der Waals surface area contributed by atoms with E-state index in [2.05, 4.69) is 10.3 Å². The van der Waals surface area contributed by atoms with Gasteiger partial charge in [-0.25, -0.2) is 0 Å². The second-order valence-corrected chi connectivity index (χ2v) is 5.10. The number of carbonyl (C=O) groups excluding carboxylic acids is 1. The molecular weight excluding hydrogens is 311 g/mol. The van der Waals surface area contributed by atoms with Crippen molar-refractivity contribution in [1.29, 1.82) is 0 Å². The number of nitrogens with one attached hydrogen (secondary N) is 1. The molecule has 0 atom stereocenters. The second-order valence-electron chi connectivity index (χ2n) is 4.28. The van der Waals surface area contributed by atoms with Crippen LogP contribution in [-0.4, -0.2) is 17.2 Å². The number of amides is 1. The summed E-state index contributed by atoms with van der Waals surface area (Å²) in [5.74, 6) is -0.163. The highest BCUT2D eigenvalue weighted by Crippen LogP contribution is 2.30. The number of hydrogen-bond donors (Lipinski definition) is 2. The van der Waals surface area contributed by atoms with Crippen molar-refractivity contribution in [3.63, 3.8) is 0 Å². The molecule has 1 amide bonds. The van der Waals surface area contributed by atoms with Crippen LogP contribution in [0.3, 0.4) is 0 Å². The molecule has 2 aromatic rings. The summed E-state index contributed by atoms with van der Waals surface area (Å²) in [6.07, 6.45) is 1.50. The van der Waals surface area contributed by atoms with Crippen molar-refractivity contribution in [2.45, 2.75) is 6.92 Å². The van der Waals surface area contributed by atoms with E-state index in [-0.39, 0.29) is 11.7 Å². The maximum absolute atomic E-state index is 11.1. The number of phenolic OH excluding ortho intramolecular Hbond substituents is 1. The van der Waals surface area contributed by atoms with Gasteiger partial charge < -0.3 is 10.4 Å². The van der Waals surface area contributed by atoms with E-state index >= 15 is 0 Å². The molecule has 108 valence electrons. The molecule has 0 radical (unpaired) electrons. The number of para-hydroxylation sites is 2. The summed E-state index contributed by atoms with van der Waals surface area (Å²) in [6.45, 7) is 1.39. The van der Waals surface area contributed by atoms with Gasteiger partial charge >= 0.3 is 0 Å². The van der Waals surface area contributed by atoms with E-state index in [9.17, 15) is 9.90 Å². The smallest absolute Gasteiger partial charge is 0.221 e. The van der Waals surface area contributed by atoms with E-state index in [0.29, 0.717) is 27.0 Å². The van der Waals surface area contributed by atoms with Crippen LogP contribution in [0, 0.1) is 0 Å². The van der Waals surface area contributed by atoms with Crippen LogP contribution in [0.1, 0.15) is 12.5 Å². The van der Waals surface area contributed by atoms with E-state index < -0.39 is 0 Å². The molecule has 2 rings (SSSR count). The quantitative estimate of drug-likeness (QED) is 0.822. The third-order valence-corrected chi connectivity index (χ3v) is 3.26. The number of phenols is 1. The molecule has 2 N–H and O–H groups in total. The van der Waals surface area contributed by atoms with Gasteiger partial charge in [-0.05, 0) is 24.3 Å². The first-order valence-corrected chi connectivity index (χ1v) is 6.81. The molecule has 0 aromatic heterocycles. The van der Waals surface area contributed by atoms with Crippen LogP contribution in [0.15, 0.2) is 41.4 Å². The van der Waals surface area contributed by atoms with Crippen molar-refractivity contribution >= 4 is 46.7 Å². The second kappa shape index (κ2) is 6.61. The first kappa shape index (κ1) is 15.4. The Labute approximate surface area is 132 Å². The lowest BCUT2D eigenvalue weighted by molar-refractivity contribution is -0.114. The average molecular weight is 323 g/mol. The van der Waals surface area contributed by atoms with Crippen molar-refractivity contribution in [3.8, 4) is 5.75 Å². The number of aromatic hydroxyl groups is 1. The minimum atomic E-state index is -0.234. The molecule has 0 saturated heterocycles. The van der Waals surface area contributed by atoms with Crippen molar-refractivity contribution < 1.29 is 9.90 Å². The predicted octanol–water partition coefficient (Wildman–Crippen LogP) is 4.41. The lowest BCUT2D eigenvalue weighted by Gasteiger charge is -2.07. The van der Waals surface area contributed by atoms with E-state index in [1.807, 2.05) is 0 Å². The monoisotopic (exact) mass is 322 g/mol. The van der Waals surface area contributed by atoms with Gasteiger partial charge in [0.25, 0.3) is 0 Å². The summed E-state index contributed by atoms with van der Waals surface area (Å²) >= 11 is 12.1. The Morgan fingerprint density at radius 2 is 1.95 bits per heavy atom. The largest absolute Gasteiger partial charge is 0.506 e. The molecule has 4 nitrogen and oxygen atoms in total. The van der Waals surface area contributed by atoms with Crippen LogP contribution in [0.5, 0.6) is 5.75 Å². The molecule has 0 saturated carbocycles. The molecule has 2 aromatic carbocycles. The first-order valence-electron chi connectivity index (χ1n) is 6.06. The molecule has 0 unspecified atom stereocenters. The predicted molar refractivity (Wildman–Crippen MR) is 86.1 cm³/mol. The Bertz CT molecular complexity index is 715. The zero-order valence-electron chi connectivity index (χ0n) is 11.1. The lowest BCUT2D eigenvalue weighted by atomic mass is 10.2. The van der Waals surface area contributed by atoms with Gasteiger partial charge in [0.2, 0.25) is 5.91 Å². The maximum atomic E-state index is 11.1. The Morgan fingerprint density at radius 3 is 2.62 bits per heavy atom. The van der Waals surface area contributed by atoms with Gasteiger partial charge in [0.1, 0.15) is 11.4 Å². The number of aliphatic imine (C=N–C) groups is 1. The minimum absolute atomic E-state index is 0.0703. The van der Waals surface area contributed by atoms with Crippen LogP contribution >= 0.6 is 23.2 Å². The zero-order chi connectivity index (χ0) is 15.4. The number of nitrogens with zero attached hydrogens (tertiary/aromatic N) is 1. The first-order chi connectivity index (χ1) is 9.97. The number of hydrogen-bond acceptors (Lipinski definition) is 3. The molecule has 0 bridgehead atoms. The number of carbonyl (C=O) groups is 1. The summed E-state index contributed by atoms with van der Waals surface area (Å²) < 4.78 is 0. The van der Waals surface area contributed by atoms with Gasteiger partial charge in [0.05, 0.1) is 15.7 Å². The van der Waals surface area contributed by atoms with Gasteiger partial charge in [-0.15, -0.1) is 0 Å². The third-order valence-electron chi connectivity index (χ3n) is 2.62. The van der Waals surface area contributed by atoms with Crippen LogP contribution in [0.25, 0.3) is 0 Å². The standard InChI is InChI=1S/C15H12Cl2N2O2/c1-9(20)19-14-6-10(11(16)7-12(14)17)8-18-13-4-2-3-5-15(13)21/h2-8,21H,1H3,(H,19,20)/b18-8+. The van der Waals surface area contributed by atoms with Crippen molar-refractivity contribution in [2.75, 3.05) is 5.32 Å². The van der Waals surface area contributed by atoms with Crippen molar-refractivity contribution in [1.82, 2.24) is 0 Å². The molecule has 0 fully saturated rings. The summed E-state index contributed by atoms with van der Waals surface area (Å²) in [5, 5.41) is 13.0. The molecule has 0 aliphatic heterocycles. The average Bonchev–Trinajstić information content (AvgIpc) is 2.41. The number of benzene rings is 2. The van der Waals surface area contributed by atoms with E-state index in [4.69, 9.17) is 23.2 Å². The number of anilines is 1. The van der Waals surface area contributed by atoms with Gasteiger partial charge in [0.15, 0.2) is 0 Å². The van der Waals surface area contributed by atoms with Crippen LogP contribution in [0.2, 0.25) is 10.0 Å². The minimum Gasteiger partial charge on any atom is -0.506 e. The third kappa shape index (κ3) is 3.97. The summed E-state index contributed by atoms with van der Waals surface area (Å²) in [4.78, 5) is 15.3. The topological polar surface area (TPSA) is 61.7 Å². The zero-order valence-corrected chi connectivity index (χ0v) is 12.6. The van der Waals surface area contributed by atoms with E-state index in [0.717, 1.165) is 0 Å². The fourth-order valence-corrected chi connectivity index (χ4v) is 2.14. The Kier molecular flexibility index (Phi) is 4.83. The summed E-state index contributed by atoms with van der Waals surface area (Å²) in [7, 11) is 0. The van der Waals surface area contributed by atoms with Crippen molar-refractivity contribution in [3.05, 3.63) is 52.0 Å². The maximum Gasteiger partial charge on any atom is 0.221 e. The van der Waals surface area contributed by atoms with E-state index in [1.165, 1.54) is 19.2 Å². The summed E-state index contributed by atoms with van der Waals surface area (Å²) in [6, 6.07) is 9.83. The SMILES string of the molecule is CC(=O)Nc1cc(/C=N/c2ccccc2O)c(Cl)cc1Cl. The van der Waals surface area contributed by atoms with Crippen molar-refractivity contribution in [2.24, 2.45) is 4.99 Å².